The second kappa shape index (κ2) is 10.9. The molecule has 1 saturated carbocycles. The van der Waals surface area contributed by atoms with Crippen molar-refractivity contribution in [1.29, 1.82) is 0 Å². The average Bonchev–Trinajstić information content (AvgIpc) is 3.30. The molecule has 0 bridgehead atoms. The Bertz CT molecular complexity index is 999. The first kappa shape index (κ1) is 25.3. The van der Waals surface area contributed by atoms with Crippen molar-refractivity contribution in [3.8, 4) is 5.75 Å². The summed E-state index contributed by atoms with van der Waals surface area (Å²) < 4.78 is 37.3. The van der Waals surface area contributed by atoms with Gasteiger partial charge in [-0.05, 0) is 74.4 Å². The fraction of sp³-hybridized carbons (Fsp3) is 0.640. The van der Waals surface area contributed by atoms with Crippen molar-refractivity contribution in [3.05, 3.63) is 35.2 Å². The molecule has 0 radical (unpaired) electrons. The van der Waals surface area contributed by atoms with E-state index in [4.69, 9.17) is 14.4 Å². The van der Waals surface area contributed by atoms with E-state index in [0.29, 0.717) is 29.9 Å². The second-order valence-electron chi connectivity index (χ2n) is 9.85. The fourth-order valence-electron chi connectivity index (χ4n) is 4.67. The highest BCUT2D eigenvalue weighted by atomic mass is 19.3. The van der Waals surface area contributed by atoms with Gasteiger partial charge in [0.25, 0.3) is 11.9 Å². The van der Waals surface area contributed by atoms with Crippen molar-refractivity contribution in [1.82, 2.24) is 15.5 Å². The lowest BCUT2D eigenvalue weighted by atomic mass is 9.81. The van der Waals surface area contributed by atoms with Crippen molar-refractivity contribution in [2.45, 2.75) is 70.3 Å². The Hall–Kier alpha value is -2.75. The molecule has 2 aromatic rings. The third-order valence-corrected chi connectivity index (χ3v) is 6.89. The van der Waals surface area contributed by atoms with Gasteiger partial charge in [-0.1, -0.05) is 0 Å². The quantitative estimate of drug-likeness (QED) is 0.482. The minimum Gasteiger partial charge on any atom is -0.494 e. The minimum absolute atomic E-state index is 0.104. The summed E-state index contributed by atoms with van der Waals surface area (Å²) in [5, 5.41) is 15.9. The maximum atomic E-state index is 13.1. The molecule has 8 nitrogen and oxygen atoms in total. The first-order valence-electron chi connectivity index (χ1n) is 12.4. The number of carbonyl (C=O) groups excluding carboxylic acids is 1. The van der Waals surface area contributed by atoms with Gasteiger partial charge in [-0.25, -0.2) is 8.78 Å². The molecule has 1 aliphatic carbocycles. The molecule has 4 rings (SSSR count). The zero-order valence-electron chi connectivity index (χ0n) is 20.3. The van der Waals surface area contributed by atoms with Crippen LogP contribution in [0, 0.1) is 12.8 Å². The Morgan fingerprint density at radius 1 is 1.34 bits per heavy atom. The molecule has 1 aliphatic heterocycles. The number of alkyl halides is 2. The summed E-state index contributed by atoms with van der Waals surface area (Å²) in [5.41, 5.74) is 1.40. The lowest BCUT2D eigenvalue weighted by Gasteiger charge is -2.32. The Morgan fingerprint density at radius 3 is 2.74 bits per heavy atom. The zero-order valence-corrected chi connectivity index (χ0v) is 20.3. The molecule has 1 saturated heterocycles. The molecule has 10 heteroatoms. The van der Waals surface area contributed by atoms with Gasteiger partial charge in [-0.3, -0.25) is 4.79 Å². The van der Waals surface area contributed by atoms with E-state index in [0.717, 1.165) is 50.1 Å². The van der Waals surface area contributed by atoms with E-state index in [1.807, 2.05) is 13.0 Å². The Balaban J connectivity index is 1.15. The molecule has 2 N–H and O–H groups in total. The third kappa shape index (κ3) is 6.48. The van der Waals surface area contributed by atoms with Gasteiger partial charge in [0.1, 0.15) is 5.75 Å². The number of aliphatic hydroxyl groups excluding tert-OH is 1. The standard InChI is InChI=1S/C25H34F2N4O4/c1-16-12-20(5-6-21(16)22(33)28-17(2)15-32)34-11-3-4-18-7-9-31(10-8-18)24-29-23(35-30-24)19-13-25(26,27)14-19/h5-6,12,17-19,32H,3-4,7-11,13-15H2,1-2H3,(H,28,33). The van der Waals surface area contributed by atoms with E-state index in [1.165, 1.54) is 0 Å². The number of nitrogens with zero attached hydrogens (tertiary/aromatic N) is 3. The number of hydrogen-bond donors (Lipinski definition) is 2. The van der Waals surface area contributed by atoms with Crippen LogP contribution in [0.5, 0.6) is 5.75 Å². The van der Waals surface area contributed by atoms with Crippen LogP contribution in [0.25, 0.3) is 0 Å². The summed E-state index contributed by atoms with van der Waals surface area (Å²) in [5.74, 6) is -0.961. The number of anilines is 1. The third-order valence-electron chi connectivity index (χ3n) is 6.89. The Morgan fingerprint density at radius 2 is 2.09 bits per heavy atom. The maximum Gasteiger partial charge on any atom is 0.266 e. The molecule has 192 valence electrons. The summed E-state index contributed by atoms with van der Waals surface area (Å²) >= 11 is 0. The minimum atomic E-state index is -2.60. The molecule has 35 heavy (non-hydrogen) atoms. The molecule has 0 spiro atoms. The van der Waals surface area contributed by atoms with Crippen LogP contribution < -0.4 is 15.0 Å². The van der Waals surface area contributed by atoms with Crippen LogP contribution in [0.3, 0.4) is 0 Å². The average molecular weight is 493 g/mol. The number of aliphatic hydroxyl groups is 1. The summed E-state index contributed by atoms with van der Waals surface area (Å²) in [6.45, 7) is 5.76. The van der Waals surface area contributed by atoms with Crippen LogP contribution in [0.2, 0.25) is 0 Å². The van der Waals surface area contributed by atoms with Gasteiger partial charge in [-0.2, -0.15) is 4.98 Å². The van der Waals surface area contributed by atoms with Gasteiger partial charge in [0.2, 0.25) is 11.8 Å². The number of piperidine rings is 1. The highest BCUT2D eigenvalue weighted by molar-refractivity contribution is 5.95. The van der Waals surface area contributed by atoms with Crippen molar-refractivity contribution in [2.24, 2.45) is 5.92 Å². The second-order valence-corrected chi connectivity index (χ2v) is 9.85. The summed E-state index contributed by atoms with van der Waals surface area (Å²) in [7, 11) is 0. The van der Waals surface area contributed by atoms with E-state index in [1.54, 1.807) is 19.1 Å². The number of aryl methyl sites for hydroxylation is 1. The largest absolute Gasteiger partial charge is 0.494 e. The van der Waals surface area contributed by atoms with Crippen LogP contribution >= 0.6 is 0 Å². The molecular weight excluding hydrogens is 458 g/mol. The normalized spacial score (nSPS) is 19.3. The molecule has 2 fully saturated rings. The van der Waals surface area contributed by atoms with Crippen LogP contribution in [-0.4, -0.2) is 59.4 Å². The van der Waals surface area contributed by atoms with E-state index >= 15 is 0 Å². The molecule has 1 atom stereocenters. The number of nitrogens with one attached hydrogen (secondary N) is 1. The van der Waals surface area contributed by atoms with Gasteiger partial charge in [-0.15, -0.1) is 0 Å². The fourth-order valence-corrected chi connectivity index (χ4v) is 4.67. The van der Waals surface area contributed by atoms with Crippen LogP contribution in [0.1, 0.15) is 73.2 Å². The van der Waals surface area contributed by atoms with Crippen LogP contribution in [-0.2, 0) is 0 Å². The Kier molecular flexibility index (Phi) is 7.88. The number of carbonyl (C=O) groups is 1. The highest BCUT2D eigenvalue weighted by Gasteiger charge is 2.48. The van der Waals surface area contributed by atoms with Gasteiger partial charge >= 0.3 is 0 Å². The topological polar surface area (TPSA) is 101 Å². The van der Waals surface area contributed by atoms with Gasteiger partial charge in [0, 0.05) is 43.5 Å². The smallest absolute Gasteiger partial charge is 0.266 e. The number of aromatic nitrogens is 2. The zero-order chi connectivity index (χ0) is 25.0. The molecule has 2 aliphatic rings. The molecule has 1 amide bonds. The van der Waals surface area contributed by atoms with Crippen molar-refractivity contribution in [3.63, 3.8) is 0 Å². The maximum absolute atomic E-state index is 13.1. The molecular formula is C25H34F2N4O4. The van der Waals surface area contributed by atoms with Crippen molar-refractivity contribution in [2.75, 3.05) is 31.2 Å². The highest BCUT2D eigenvalue weighted by Crippen LogP contribution is 2.48. The molecule has 1 aromatic heterocycles. The number of benzene rings is 1. The number of amides is 1. The van der Waals surface area contributed by atoms with Gasteiger partial charge < -0.3 is 24.6 Å². The van der Waals surface area contributed by atoms with E-state index in [-0.39, 0.29) is 37.3 Å². The van der Waals surface area contributed by atoms with Gasteiger partial charge in [0.05, 0.1) is 13.2 Å². The molecule has 1 unspecified atom stereocenters. The van der Waals surface area contributed by atoms with E-state index in [2.05, 4.69) is 20.4 Å². The number of hydrogen-bond acceptors (Lipinski definition) is 7. The van der Waals surface area contributed by atoms with Gasteiger partial charge in [0.15, 0.2) is 0 Å². The predicted octanol–water partition coefficient (Wildman–Crippen LogP) is 4.08. The van der Waals surface area contributed by atoms with E-state index in [9.17, 15) is 13.6 Å². The predicted molar refractivity (Wildman–Crippen MR) is 126 cm³/mol. The van der Waals surface area contributed by atoms with E-state index < -0.39 is 5.92 Å². The van der Waals surface area contributed by atoms with Crippen LogP contribution in [0.4, 0.5) is 14.7 Å². The SMILES string of the molecule is Cc1cc(OCCCC2CCN(c3noc(C4CC(F)(F)C4)n3)CC2)ccc1C(=O)NC(C)CO. The molecule has 2 heterocycles. The van der Waals surface area contributed by atoms with Crippen molar-refractivity contribution < 1.29 is 27.9 Å². The lowest BCUT2D eigenvalue weighted by molar-refractivity contribution is -0.0925. The van der Waals surface area contributed by atoms with Crippen LogP contribution in [0.15, 0.2) is 22.7 Å². The lowest BCUT2D eigenvalue weighted by Crippen LogP contribution is -2.35. The first-order chi connectivity index (χ1) is 16.7. The monoisotopic (exact) mass is 492 g/mol. The number of rotatable bonds is 10. The summed E-state index contributed by atoms with van der Waals surface area (Å²) in [4.78, 5) is 18.7. The van der Waals surface area contributed by atoms with Crippen molar-refractivity contribution >= 4 is 11.9 Å². The summed E-state index contributed by atoms with van der Waals surface area (Å²) in [6, 6.07) is 5.12. The summed E-state index contributed by atoms with van der Waals surface area (Å²) in [6.07, 6.45) is 3.60. The number of ether oxygens (including phenoxy) is 1. The number of halogens is 2. The first-order valence-corrected chi connectivity index (χ1v) is 12.4. The Labute approximate surface area is 204 Å². The molecule has 1 aromatic carbocycles.